The summed E-state index contributed by atoms with van der Waals surface area (Å²) >= 11 is 2.52. The summed E-state index contributed by atoms with van der Waals surface area (Å²) in [6.07, 6.45) is 1.73. The van der Waals surface area contributed by atoms with Crippen molar-refractivity contribution in [3.63, 3.8) is 0 Å². The highest BCUT2D eigenvalue weighted by molar-refractivity contribution is 8.18. The number of para-hydroxylation sites is 1. The number of nitrogens with one attached hydrogen (secondary N) is 1. The third kappa shape index (κ3) is 3.91. The van der Waals surface area contributed by atoms with E-state index < -0.39 is 11.8 Å². The maximum Gasteiger partial charge on any atom is 0.273 e. The molecular formula is C23H19N3O2S2. The largest absolute Gasteiger partial charge is 0.278 e. The third-order valence-electron chi connectivity index (χ3n) is 4.70. The highest BCUT2D eigenvalue weighted by atomic mass is 32.2. The molecule has 30 heavy (non-hydrogen) atoms. The number of hydrogen-bond donors (Lipinski definition) is 1. The van der Waals surface area contributed by atoms with E-state index in [1.165, 1.54) is 24.2 Å². The predicted molar refractivity (Wildman–Crippen MR) is 123 cm³/mol. The molecule has 0 radical (unpaired) electrons. The maximum atomic E-state index is 12.6. The number of pyridine rings is 1. The average molecular weight is 434 g/mol. The van der Waals surface area contributed by atoms with Crippen molar-refractivity contribution in [2.24, 2.45) is 0 Å². The van der Waals surface area contributed by atoms with E-state index >= 15 is 0 Å². The standard InChI is InChI=1S/C23H19N3O2S2/c1-13-7-9-18(10-8-13)29-21-17(11-16-6-4-5-14(2)20(16)25-21)12-19-22(28)26(15(3)27)23(24)30-19/h4-12,24H,1-3H3. The summed E-state index contributed by atoms with van der Waals surface area (Å²) in [6.45, 7) is 5.35. The van der Waals surface area contributed by atoms with Crippen LogP contribution in [0.5, 0.6) is 0 Å². The predicted octanol–water partition coefficient (Wildman–Crippen LogP) is 5.40. The zero-order valence-electron chi connectivity index (χ0n) is 16.7. The Hall–Kier alpha value is -2.90. The number of thioether (sulfide) groups is 1. The number of imide groups is 1. The Kier molecular flexibility index (Phi) is 5.49. The Morgan fingerprint density at radius 3 is 2.57 bits per heavy atom. The fourth-order valence-corrected chi connectivity index (χ4v) is 4.91. The molecule has 3 aromatic rings. The van der Waals surface area contributed by atoms with Crippen molar-refractivity contribution in [2.75, 3.05) is 0 Å². The molecule has 1 aliphatic heterocycles. The molecule has 0 spiro atoms. The summed E-state index contributed by atoms with van der Waals surface area (Å²) in [5.74, 6) is -0.921. The van der Waals surface area contributed by atoms with Crippen LogP contribution in [0, 0.1) is 19.3 Å². The molecule has 2 heterocycles. The van der Waals surface area contributed by atoms with E-state index in [4.69, 9.17) is 10.4 Å². The van der Waals surface area contributed by atoms with Crippen LogP contribution in [0.3, 0.4) is 0 Å². The molecule has 0 saturated carbocycles. The van der Waals surface area contributed by atoms with Gasteiger partial charge in [0.1, 0.15) is 5.03 Å². The second-order valence-electron chi connectivity index (χ2n) is 7.02. The van der Waals surface area contributed by atoms with Crippen LogP contribution in [-0.2, 0) is 9.59 Å². The minimum atomic E-state index is -0.465. The van der Waals surface area contributed by atoms with Crippen LogP contribution in [0.25, 0.3) is 17.0 Å². The number of aromatic nitrogens is 1. The van der Waals surface area contributed by atoms with Gasteiger partial charge in [-0.3, -0.25) is 15.0 Å². The third-order valence-corrected chi connectivity index (χ3v) is 6.62. The molecule has 2 aromatic carbocycles. The van der Waals surface area contributed by atoms with Gasteiger partial charge >= 0.3 is 0 Å². The van der Waals surface area contributed by atoms with Gasteiger partial charge in [-0.1, -0.05) is 47.7 Å². The van der Waals surface area contributed by atoms with E-state index in [0.717, 1.165) is 48.6 Å². The molecule has 2 amide bonds. The number of aryl methyl sites for hydroxylation is 2. The van der Waals surface area contributed by atoms with Gasteiger partial charge in [0.05, 0.1) is 10.4 Å². The van der Waals surface area contributed by atoms with Gasteiger partial charge in [-0.15, -0.1) is 0 Å². The lowest BCUT2D eigenvalue weighted by molar-refractivity contribution is -0.135. The molecule has 0 bridgehead atoms. The number of rotatable bonds is 3. The van der Waals surface area contributed by atoms with Crippen LogP contribution in [0.2, 0.25) is 0 Å². The number of carbonyl (C=O) groups is 2. The number of nitrogens with zero attached hydrogens (tertiary/aromatic N) is 2. The molecule has 1 aliphatic rings. The smallest absolute Gasteiger partial charge is 0.273 e. The minimum absolute atomic E-state index is 0.0731. The summed E-state index contributed by atoms with van der Waals surface area (Å²) in [5, 5.41) is 9.64. The first kappa shape index (κ1) is 20.4. The van der Waals surface area contributed by atoms with E-state index in [2.05, 4.69) is 12.1 Å². The monoisotopic (exact) mass is 433 g/mol. The number of carbonyl (C=O) groups excluding carboxylic acids is 2. The average Bonchev–Trinajstić information content (AvgIpc) is 2.98. The molecule has 150 valence electrons. The van der Waals surface area contributed by atoms with E-state index in [0.29, 0.717) is 4.91 Å². The van der Waals surface area contributed by atoms with Gasteiger partial charge in [0.2, 0.25) is 5.91 Å². The Bertz CT molecular complexity index is 1230. The Morgan fingerprint density at radius 2 is 1.90 bits per heavy atom. The van der Waals surface area contributed by atoms with Gasteiger partial charge in [0, 0.05) is 22.8 Å². The molecule has 0 aliphatic carbocycles. The molecule has 1 aromatic heterocycles. The Balaban J connectivity index is 1.83. The van der Waals surface area contributed by atoms with Crippen molar-refractivity contribution in [1.82, 2.24) is 9.88 Å². The van der Waals surface area contributed by atoms with Gasteiger partial charge in [-0.25, -0.2) is 9.88 Å². The molecule has 4 rings (SSSR count). The van der Waals surface area contributed by atoms with Crippen LogP contribution in [0.1, 0.15) is 23.6 Å². The fourth-order valence-electron chi connectivity index (χ4n) is 3.16. The van der Waals surface area contributed by atoms with Gasteiger partial charge in [-0.05, 0) is 55.4 Å². The summed E-state index contributed by atoms with van der Waals surface area (Å²) in [7, 11) is 0. The topological polar surface area (TPSA) is 74.1 Å². The van der Waals surface area contributed by atoms with Gasteiger partial charge in [0.25, 0.3) is 5.91 Å². The van der Waals surface area contributed by atoms with Gasteiger partial charge < -0.3 is 0 Å². The number of benzene rings is 2. The molecule has 5 nitrogen and oxygen atoms in total. The van der Waals surface area contributed by atoms with Crippen molar-refractivity contribution >= 4 is 57.5 Å². The van der Waals surface area contributed by atoms with Crippen molar-refractivity contribution in [3.05, 3.63) is 70.1 Å². The second-order valence-corrected chi connectivity index (χ2v) is 9.11. The van der Waals surface area contributed by atoms with Crippen LogP contribution >= 0.6 is 23.5 Å². The zero-order valence-corrected chi connectivity index (χ0v) is 18.4. The minimum Gasteiger partial charge on any atom is -0.278 e. The quantitative estimate of drug-likeness (QED) is 0.560. The Labute approximate surface area is 183 Å². The van der Waals surface area contributed by atoms with Crippen molar-refractivity contribution in [1.29, 1.82) is 5.41 Å². The molecule has 7 heteroatoms. The Morgan fingerprint density at radius 1 is 1.17 bits per heavy atom. The highest BCUT2D eigenvalue weighted by Crippen LogP contribution is 2.37. The molecule has 0 atom stereocenters. The molecule has 1 fully saturated rings. The number of amidine groups is 1. The van der Waals surface area contributed by atoms with Crippen molar-refractivity contribution in [2.45, 2.75) is 30.7 Å². The van der Waals surface area contributed by atoms with E-state index in [1.54, 1.807) is 6.08 Å². The van der Waals surface area contributed by atoms with Gasteiger partial charge in [0.15, 0.2) is 5.17 Å². The SMILES string of the molecule is CC(=O)N1C(=N)SC(=Cc2cc3cccc(C)c3nc2Sc2ccc(C)cc2)C1=O. The maximum absolute atomic E-state index is 12.6. The van der Waals surface area contributed by atoms with Crippen molar-refractivity contribution in [3.8, 4) is 0 Å². The van der Waals surface area contributed by atoms with Crippen LogP contribution in [-0.4, -0.2) is 26.9 Å². The first-order valence-corrected chi connectivity index (χ1v) is 10.9. The number of fused-ring (bicyclic) bond motifs is 1. The van der Waals surface area contributed by atoms with Crippen LogP contribution in [0.15, 0.2) is 63.4 Å². The molecule has 0 unspecified atom stereocenters. The molecule has 1 saturated heterocycles. The second kappa shape index (κ2) is 8.08. The first-order chi connectivity index (χ1) is 14.3. The van der Waals surface area contributed by atoms with Crippen LogP contribution < -0.4 is 0 Å². The normalized spacial score (nSPS) is 15.4. The summed E-state index contributed by atoms with van der Waals surface area (Å²) in [6, 6.07) is 16.2. The summed E-state index contributed by atoms with van der Waals surface area (Å²) < 4.78 is 0. The lowest BCUT2D eigenvalue weighted by Crippen LogP contribution is -2.32. The highest BCUT2D eigenvalue weighted by Gasteiger charge is 2.35. The van der Waals surface area contributed by atoms with Gasteiger partial charge in [-0.2, -0.15) is 0 Å². The first-order valence-electron chi connectivity index (χ1n) is 9.31. The number of amides is 2. The lowest BCUT2D eigenvalue weighted by atomic mass is 10.1. The summed E-state index contributed by atoms with van der Waals surface area (Å²) in [4.78, 5) is 31.5. The summed E-state index contributed by atoms with van der Waals surface area (Å²) in [5.41, 5.74) is 3.96. The molecule has 1 N–H and O–H groups in total. The van der Waals surface area contributed by atoms with Crippen LogP contribution in [0.4, 0.5) is 0 Å². The van der Waals surface area contributed by atoms with Crippen molar-refractivity contribution < 1.29 is 9.59 Å². The zero-order chi connectivity index (χ0) is 21.4. The fraction of sp³-hybridized carbons (Fsp3) is 0.130. The number of hydrogen-bond acceptors (Lipinski definition) is 6. The van der Waals surface area contributed by atoms with E-state index in [9.17, 15) is 9.59 Å². The molecular weight excluding hydrogens is 414 g/mol. The van der Waals surface area contributed by atoms with E-state index in [-0.39, 0.29) is 5.17 Å². The lowest BCUT2D eigenvalue weighted by Gasteiger charge is -2.10. The van der Waals surface area contributed by atoms with E-state index in [1.807, 2.05) is 50.2 Å².